The second-order valence-electron chi connectivity index (χ2n) is 3.52. The van der Waals surface area contributed by atoms with E-state index in [1.165, 1.54) is 12.1 Å². The van der Waals surface area contributed by atoms with Gasteiger partial charge in [0, 0.05) is 6.07 Å². The summed E-state index contributed by atoms with van der Waals surface area (Å²) in [6.45, 7) is 0. The maximum absolute atomic E-state index is 11.5. The fraction of sp³-hybridized carbons (Fsp3) is 0. The highest BCUT2D eigenvalue weighted by atomic mass is 16.2. The topological polar surface area (TPSA) is 140 Å². The van der Waals surface area contributed by atoms with Crippen LogP contribution in [-0.4, -0.2) is 30.1 Å². The van der Waals surface area contributed by atoms with Gasteiger partial charge in [-0.1, -0.05) is 0 Å². The highest BCUT2D eigenvalue weighted by Crippen LogP contribution is 2.12. The Morgan fingerprint density at radius 2 is 1.83 bits per heavy atom. The summed E-state index contributed by atoms with van der Waals surface area (Å²) in [5.41, 5.74) is -0.937. The Bertz CT molecular complexity index is 878. The van der Waals surface area contributed by atoms with Crippen LogP contribution >= 0.6 is 0 Å². The van der Waals surface area contributed by atoms with Gasteiger partial charge in [-0.25, -0.2) is 14.9 Å². The first-order valence-electron chi connectivity index (χ1n) is 4.92. The minimum Gasteiger partial charge on any atom is -0.331 e. The van der Waals surface area contributed by atoms with Crippen LogP contribution in [0, 0.1) is 0 Å². The van der Waals surface area contributed by atoms with E-state index < -0.39 is 11.2 Å². The predicted molar refractivity (Wildman–Crippen MR) is 61.2 cm³/mol. The van der Waals surface area contributed by atoms with Crippen LogP contribution in [0.2, 0.25) is 0 Å². The van der Waals surface area contributed by atoms with E-state index in [9.17, 15) is 14.4 Å². The number of aromatic nitrogens is 6. The Balaban J connectivity index is 2.28. The van der Waals surface area contributed by atoms with E-state index in [0.29, 0.717) is 5.69 Å². The number of imidazole rings is 1. The molecule has 0 saturated carbocycles. The van der Waals surface area contributed by atoms with E-state index in [1.54, 1.807) is 0 Å². The molecule has 0 radical (unpaired) electrons. The summed E-state index contributed by atoms with van der Waals surface area (Å²) in [5.74, 6) is 0.272. The van der Waals surface area contributed by atoms with Crippen LogP contribution < -0.4 is 16.8 Å². The molecule has 3 aromatic rings. The molecule has 0 unspecified atom stereocenters. The van der Waals surface area contributed by atoms with Gasteiger partial charge in [0.1, 0.15) is 11.2 Å². The van der Waals surface area contributed by atoms with Crippen molar-refractivity contribution in [2.75, 3.05) is 0 Å². The number of rotatable bonds is 1. The number of aromatic amines is 4. The lowest BCUT2D eigenvalue weighted by molar-refractivity contribution is 0.984. The third-order valence-electron chi connectivity index (χ3n) is 2.31. The van der Waals surface area contributed by atoms with Gasteiger partial charge in [0.15, 0.2) is 11.5 Å². The molecular weight excluding hydrogens is 240 g/mol. The van der Waals surface area contributed by atoms with Crippen LogP contribution in [0.1, 0.15) is 0 Å². The molecule has 0 amide bonds. The SMILES string of the molecule is O=c1ccc(-c2nc3[nH]c(=O)[nH]c(=O)c3[nH]2)n[nH]1. The summed E-state index contributed by atoms with van der Waals surface area (Å²) in [4.78, 5) is 44.6. The Kier molecular flexibility index (Phi) is 1.99. The van der Waals surface area contributed by atoms with Crippen molar-refractivity contribution < 1.29 is 0 Å². The van der Waals surface area contributed by atoms with Crippen LogP contribution in [0.5, 0.6) is 0 Å². The van der Waals surface area contributed by atoms with Gasteiger partial charge in [0.25, 0.3) is 11.1 Å². The maximum Gasteiger partial charge on any atom is 0.327 e. The normalized spacial score (nSPS) is 10.9. The average molecular weight is 246 g/mol. The van der Waals surface area contributed by atoms with Crippen LogP contribution in [0.15, 0.2) is 26.5 Å². The molecule has 0 fully saturated rings. The standard InChI is InChI=1S/C9H6N6O3/c16-4-2-1-3(14-15-4)6-10-5-7(11-6)12-9(18)13-8(5)17/h1-2H,(H,15,16)(H3,10,11,12,13,17,18). The Morgan fingerprint density at radius 1 is 1.00 bits per heavy atom. The quantitative estimate of drug-likeness (QED) is 0.422. The molecule has 0 aromatic carbocycles. The predicted octanol–water partition coefficient (Wildman–Crippen LogP) is -1.31. The summed E-state index contributed by atoms with van der Waals surface area (Å²) < 4.78 is 0. The Labute approximate surface area is 96.9 Å². The van der Waals surface area contributed by atoms with Crippen molar-refractivity contribution in [2.45, 2.75) is 0 Å². The molecule has 9 heteroatoms. The summed E-state index contributed by atoms with van der Waals surface area (Å²) in [6.07, 6.45) is 0. The van der Waals surface area contributed by atoms with Crippen molar-refractivity contribution in [1.29, 1.82) is 0 Å². The number of nitrogens with one attached hydrogen (secondary N) is 4. The number of nitrogens with zero attached hydrogens (tertiary/aromatic N) is 2. The van der Waals surface area contributed by atoms with Crippen LogP contribution in [-0.2, 0) is 0 Å². The second kappa shape index (κ2) is 3.52. The van der Waals surface area contributed by atoms with Gasteiger partial charge in [0.2, 0.25) is 0 Å². The third kappa shape index (κ3) is 1.54. The minimum atomic E-state index is -0.639. The maximum atomic E-state index is 11.5. The van der Waals surface area contributed by atoms with Crippen molar-refractivity contribution in [2.24, 2.45) is 0 Å². The number of H-pyrrole nitrogens is 4. The highest BCUT2D eigenvalue weighted by Gasteiger charge is 2.10. The van der Waals surface area contributed by atoms with Gasteiger partial charge < -0.3 is 4.98 Å². The van der Waals surface area contributed by atoms with Crippen LogP contribution in [0.3, 0.4) is 0 Å². The van der Waals surface area contributed by atoms with E-state index in [1.807, 2.05) is 0 Å². The average Bonchev–Trinajstić information content (AvgIpc) is 2.74. The van der Waals surface area contributed by atoms with E-state index in [4.69, 9.17) is 0 Å². The molecule has 0 bridgehead atoms. The fourth-order valence-electron chi connectivity index (χ4n) is 1.53. The van der Waals surface area contributed by atoms with Gasteiger partial charge in [-0.2, -0.15) is 5.10 Å². The van der Waals surface area contributed by atoms with E-state index in [2.05, 4.69) is 30.1 Å². The molecule has 3 aromatic heterocycles. The van der Waals surface area contributed by atoms with E-state index in [0.717, 1.165) is 0 Å². The lowest BCUT2D eigenvalue weighted by Gasteiger charge is -1.91. The molecule has 0 atom stereocenters. The second-order valence-corrected chi connectivity index (χ2v) is 3.52. The van der Waals surface area contributed by atoms with Crippen molar-refractivity contribution in [3.63, 3.8) is 0 Å². The summed E-state index contributed by atoms with van der Waals surface area (Å²) >= 11 is 0. The van der Waals surface area contributed by atoms with Crippen LogP contribution in [0.25, 0.3) is 22.7 Å². The monoisotopic (exact) mass is 246 g/mol. The zero-order valence-corrected chi connectivity index (χ0v) is 8.77. The number of hydrogen-bond donors (Lipinski definition) is 4. The molecule has 3 heterocycles. The van der Waals surface area contributed by atoms with Gasteiger partial charge in [0.05, 0.1) is 0 Å². The zero-order valence-electron chi connectivity index (χ0n) is 8.77. The molecule has 0 spiro atoms. The highest BCUT2D eigenvalue weighted by molar-refractivity contribution is 5.73. The Morgan fingerprint density at radius 3 is 2.56 bits per heavy atom. The molecule has 4 N–H and O–H groups in total. The lowest BCUT2D eigenvalue weighted by Crippen LogP contribution is -2.21. The van der Waals surface area contributed by atoms with Crippen molar-refractivity contribution in [3.05, 3.63) is 43.3 Å². The van der Waals surface area contributed by atoms with Crippen molar-refractivity contribution >= 4 is 11.2 Å². The van der Waals surface area contributed by atoms with Gasteiger partial charge in [-0.15, -0.1) is 0 Å². The van der Waals surface area contributed by atoms with E-state index >= 15 is 0 Å². The van der Waals surface area contributed by atoms with Crippen molar-refractivity contribution in [3.8, 4) is 11.5 Å². The van der Waals surface area contributed by atoms with Gasteiger partial charge in [-0.05, 0) is 6.07 Å². The Hall–Kier alpha value is -2.97. The summed E-state index contributed by atoms with van der Waals surface area (Å²) in [5, 5.41) is 6.01. The molecule has 0 aliphatic rings. The molecule has 18 heavy (non-hydrogen) atoms. The summed E-state index contributed by atoms with van der Waals surface area (Å²) in [6, 6.07) is 2.73. The molecule has 0 aliphatic heterocycles. The summed E-state index contributed by atoms with van der Waals surface area (Å²) in [7, 11) is 0. The first-order chi connectivity index (χ1) is 8.63. The zero-order chi connectivity index (χ0) is 12.7. The number of fused-ring (bicyclic) bond motifs is 1. The minimum absolute atomic E-state index is 0.131. The third-order valence-corrected chi connectivity index (χ3v) is 2.31. The fourth-order valence-corrected chi connectivity index (χ4v) is 1.53. The first-order valence-corrected chi connectivity index (χ1v) is 4.92. The van der Waals surface area contributed by atoms with Crippen LogP contribution in [0.4, 0.5) is 0 Å². The first kappa shape index (κ1) is 10.2. The number of hydrogen-bond acceptors (Lipinski definition) is 5. The van der Waals surface area contributed by atoms with Gasteiger partial charge >= 0.3 is 5.69 Å². The van der Waals surface area contributed by atoms with E-state index in [-0.39, 0.29) is 22.5 Å². The molecule has 0 aliphatic carbocycles. The van der Waals surface area contributed by atoms with Gasteiger partial charge in [-0.3, -0.25) is 19.6 Å². The molecule has 90 valence electrons. The lowest BCUT2D eigenvalue weighted by atomic mass is 10.4. The molecule has 3 rings (SSSR count). The smallest absolute Gasteiger partial charge is 0.327 e. The molecule has 9 nitrogen and oxygen atoms in total. The largest absolute Gasteiger partial charge is 0.331 e. The molecular formula is C9H6N6O3. The molecule has 0 saturated heterocycles. The van der Waals surface area contributed by atoms with Crippen molar-refractivity contribution in [1.82, 2.24) is 30.1 Å².